The number of rotatable bonds is 0. The molecule has 1 aromatic carbocycles. The maximum absolute atomic E-state index is 6.12. The third-order valence-electron chi connectivity index (χ3n) is 2.74. The fourth-order valence-electron chi connectivity index (χ4n) is 2.05. The van der Waals surface area contributed by atoms with Gasteiger partial charge in [0, 0.05) is 0 Å². The van der Waals surface area contributed by atoms with Gasteiger partial charge < -0.3 is 0 Å². The Hall–Kier alpha value is -0.487. The predicted octanol–water partition coefficient (Wildman–Crippen LogP) is 4.14. The SMILES string of the molecule is [Cl][Ru]([Cl])=[C]1C=CC=C2C1=Cc1ccccc12. The van der Waals surface area contributed by atoms with E-state index >= 15 is 0 Å². The molecule has 0 aliphatic heterocycles. The number of allylic oxidation sites excluding steroid dienone is 5. The van der Waals surface area contributed by atoms with E-state index in [0.717, 1.165) is 4.11 Å². The standard InChI is InChI=1S/C13H8.2ClH.Ru/c1-3-7-12-10(5-1)9-11-6-2-4-8-13(11)12;;;/h1-5,7-9H;2*1H;/q;;;+2/p-2. The first-order valence-electron chi connectivity index (χ1n) is 4.84. The second-order valence-corrected chi connectivity index (χ2v) is 9.42. The summed E-state index contributed by atoms with van der Waals surface area (Å²) < 4.78 is 1.13. The number of hydrogen-bond acceptors (Lipinski definition) is 0. The molecule has 2 aliphatic rings. The molecule has 0 nitrogen and oxygen atoms in total. The maximum atomic E-state index is 6.12. The summed E-state index contributed by atoms with van der Waals surface area (Å²) in [4.78, 5) is 0. The number of halogens is 2. The van der Waals surface area contributed by atoms with Gasteiger partial charge in [0.25, 0.3) is 0 Å². The van der Waals surface area contributed by atoms with Crippen molar-refractivity contribution in [3.63, 3.8) is 0 Å². The molecule has 1 aromatic rings. The monoisotopic (exact) mass is 336 g/mol. The van der Waals surface area contributed by atoms with Crippen LogP contribution in [0.1, 0.15) is 11.1 Å². The fraction of sp³-hybridized carbons (Fsp3) is 0. The molecular weight excluding hydrogens is 328 g/mol. The van der Waals surface area contributed by atoms with E-state index in [0.29, 0.717) is 0 Å². The van der Waals surface area contributed by atoms with Crippen molar-refractivity contribution >= 4 is 35.1 Å². The molecule has 0 fully saturated rings. The Labute approximate surface area is 107 Å². The van der Waals surface area contributed by atoms with Crippen molar-refractivity contribution in [2.24, 2.45) is 0 Å². The van der Waals surface area contributed by atoms with Gasteiger partial charge in [-0.25, -0.2) is 0 Å². The summed E-state index contributed by atoms with van der Waals surface area (Å²) in [5.41, 5.74) is 5.01. The van der Waals surface area contributed by atoms with Crippen LogP contribution < -0.4 is 0 Å². The minimum atomic E-state index is -1.83. The van der Waals surface area contributed by atoms with E-state index in [-0.39, 0.29) is 0 Å². The summed E-state index contributed by atoms with van der Waals surface area (Å²) in [6, 6.07) is 8.38. The average molecular weight is 336 g/mol. The van der Waals surface area contributed by atoms with Crippen LogP contribution in [0.5, 0.6) is 0 Å². The van der Waals surface area contributed by atoms with Crippen molar-refractivity contribution < 1.29 is 13.5 Å². The molecule has 0 saturated carbocycles. The molecule has 0 radical (unpaired) electrons. The Morgan fingerprint density at radius 2 is 1.81 bits per heavy atom. The quantitative estimate of drug-likeness (QED) is 0.625. The molecule has 2 aliphatic carbocycles. The van der Waals surface area contributed by atoms with E-state index in [1.54, 1.807) is 0 Å². The second-order valence-electron chi connectivity index (χ2n) is 3.60. The zero-order valence-electron chi connectivity index (χ0n) is 8.23. The van der Waals surface area contributed by atoms with Crippen molar-refractivity contribution in [3.05, 3.63) is 59.2 Å². The number of benzene rings is 1. The molecule has 82 valence electrons. The predicted molar refractivity (Wildman–Crippen MR) is 68.2 cm³/mol. The summed E-state index contributed by atoms with van der Waals surface area (Å²) in [7, 11) is 12.2. The van der Waals surface area contributed by atoms with Crippen LogP contribution in [-0.4, -0.2) is 4.11 Å². The topological polar surface area (TPSA) is 0 Å². The molecule has 0 heterocycles. The summed E-state index contributed by atoms with van der Waals surface area (Å²) in [6.07, 6.45) is 8.40. The van der Waals surface area contributed by atoms with Crippen molar-refractivity contribution in [1.29, 1.82) is 0 Å². The molecule has 0 bridgehead atoms. The van der Waals surface area contributed by atoms with Crippen molar-refractivity contribution in [2.75, 3.05) is 0 Å². The van der Waals surface area contributed by atoms with E-state index in [9.17, 15) is 0 Å². The summed E-state index contributed by atoms with van der Waals surface area (Å²) in [5.74, 6) is 0. The van der Waals surface area contributed by atoms with Gasteiger partial charge in [0.15, 0.2) is 0 Å². The molecule has 16 heavy (non-hydrogen) atoms. The third-order valence-corrected chi connectivity index (χ3v) is 5.91. The first-order valence-corrected chi connectivity index (χ1v) is 10.2. The molecule has 0 atom stereocenters. The molecule has 0 saturated heterocycles. The summed E-state index contributed by atoms with van der Waals surface area (Å²) in [6.45, 7) is 0. The third kappa shape index (κ3) is 1.59. The Balaban J connectivity index is 2.25. The molecule has 0 spiro atoms. The summed E-state index contributed by atoms with van der Waals surface area (Å²) >= 11 is -1.83. The van der Waals surface area contributed by atoms with Gasteiger partial charge in [-0.3, -0.25) is 0 Å². The van der Waals surface area contributed by atoms with Crippen LogP contribution in [0.3, 0.4) is 0 Å². The minimum absolute atomic E-state index is 1.13. The Morgan fingerprint density at radius 1 is 1.00 bits per heavy atom. The molecule has 0 aromatic heterocycles. The zero-order valence-corrected chi connectivity index (χ0v) is 11.5. The zero-order chi connectivity index (χ0) is 11.1. The van der Waals surface area contributed by atoms with Crippen molar-refractivity contribution in [1.82, 2.24) is 0 Å². The van der Waals surface area contributed by atoms with Gasteiger partial charge in [0.05, 0.1) is 0 Å². The second kappa shape index (κ2) is 4.07. The van der Waals surface area contributed by atoms with Crippen LogP contribution in [0, 0.1) is 0 Å². The molecule has 3 rings (SSSR count). The van der Waals surface area contributed by atoms with Gasteiger partial charge >= 0.3 is 108 Å². The average Bonchev–Trinajstić information content (AvgIpc) is 2.67. The Kier molecular flexibility index (Phi) is 2.71. The van der Waals surface area contributed by atoms with Gasteiger partial charge in [-0.1, -0.05) is 0 Å². The van der Waals surface area contributed by atoms with Gasteiger partial charge in [0.2, 0.25) is 0 Å². The van der Waals surface area contributed by atoms with Crippen LogP contribution >= 0.6 is 19.4 Å². The molecule has 0 unspecified atom stereocenters. The van der Waals surface area contributed by atoms with Gasteiger partial charge in [0.1, 0.15) is 0 Å². The van der Waals surface area contributed by atoms with Gasteiger partial charge in [-0.05, 0) is 0 Å². The van der Waals surface area contributed by atoms with E-state index in [1.165, 1.54) is 22.3 Å². The first-order chi connectivity index (χ1) is 7.77. The number of fused-ring (bicyclic) bond motifs is 3. The van der Waals surface area contributed by atoms with Crippen LogP contribution in [0.4, 0.5) is 0 Å². The van der Waals surface area contributed by atoms with Gasteiger partial charge in [-0.2, -0.15) is 0 Å². The Morgan fingerprint density at radius 3 is 2.62 bits per heavy atom. The van der Waals surface area contributed by atoms with Gasteiger partial charge in [-0.15, -0.1) is 0 Å². The molecule has 0 N–H and O–H groups in total. The van der Waals surface area contributed by atoms with Crippen LogP contribution in [0.15, 0.2) is 48.1 Å². The van der Waals surface area contributed by atoms with E-state index in [4.69, 9.17) is 19.4 Å². The van der Waals surface area contributed by atoms with Crippen LogP contribution in [0.25, 0.3) is 11.6 Å². The van der Waals surface area contributed by atoms with Crippen molar-refractivity contribution in [3.8, 4) is 0 Å². The van der Waals surface area contributed by atoms with E-state index in [2.05, 4.69) is 36.4 Å². The Bertz CT molecular complexity index is 588. The first kappa shape index (κ1) is 10.7. The van der Waals surface area contributed by atoms with Crippen molar-refractivity contribution in [2.45, 2.75) is 0 Å². The number of hydrogen-bond donors (Lipinski definition) is 0. The molecule has 3 heteroatoms. The summed E-state index contributed by atoms with van der Waals surface area (Å²) in [5, 5.41) is 0. The normalized spacial score (nSPS) is 17.6. The fourth-order valence-corrected chi connectivity index (χ4v) is 4.53. The van der Waals surface area contributed by atoms with E-state index in [1.807, 2.05) is 12.2 Å². The van der Waals surface area contributed by atoms with Crippen LogP contribution in [0.2, 0.25) is 0 Å². The van der Waals surface area contributed by atoms with E-state index < -0.39 is 13.5 Å². The molecule has 0 amide bonds. The van der Waals surface area contributed by atoms with Crippen LogP contribution in [-0.2, 0) is 13.5 Å². The molecular formula is C13H8Cl2Ru.